The number of alkyl carbamates (subject to hydrolysis) is 1. The number of carboxylic acids is 1. The van der Waals surface area contributed by atoms with Gasteiger partial charge in [0.15, 0.2) is 0 Å². The zero-order valence-electron chi connectivity index (χ0n) is 19.7. The quantitative estimate of drug-likeness (QED) is 0.221. The van der Waals surface area contributed by atoms with Gasteiger partial charge in [-0.2, -0.15) is 0 Å². The third-order valence-electron chi connectivity index (χ3n) is 4.69. The molecule has 10 nitrogen and oxygen atoms in total. The second-order valence-electron chi connectivity index (χ2n) is 8.63. The van der Waals surface area contributed by atoms with E-state index in [-0.39, 0.29) is 5.56 Å². The number of hydrogen-bond acceptors (Lipinski definition) is 8. The van der Waals surface area contributed by atoms with E-state index in [2.05, 4.69) is 15.5 Å². The SMILES string of the molecule is CC(C)(C)OC(=O)NCC=CCNc1c(N)cc(C(=O)O)cc1OCCCN1CCOCC1. The van der Waals surface area contributed by atoms with Crippen LogP contribution in [0.15, 0.2) is 24.3 Å². The molecule has 5 N–H and O–H groups in total. The number of nitrogens with one attached hydrogen (secondary N) is 2. The fraction of sp³-hybridized carbons (Fsp3) is 0.565. The Balaban J connectivity index is 1.87. The molecule has 184 valence electrons. The maximum atomic E-state index is 11.6. The molecule has 0 radical (unpaired) electrons. The number of aromatic carboxylic acids is 1. The normalized spacial score (nSPS) is 14.8. The summed E-state index contributed by atoms with van der Waals surface area (Å²) in [6, 6.07) is 2.88. The maximum Gasteiger partial charge on any atom is 0.407 e. The standard InChI is InChI=1S/C23H36N4O6/c1-23(2,3)33-22(30)26-8-5-4-7-25-20-18(24)15-17(21(28)29)16-19(20)32-12-6-9-27-10-13-31-14-11-27/h4-5,15-16,25H,6-14,24H2,1-3H3,(H,26,30)(H,28,29). The van der Waals surface area contributed by atoms with Gasteiger partial charge in [-0.1, -0.05) is 12.2 Å². The molecule has 0 aromatic heterocycles. The minimum absolute atomic E-state index is 0.0679. The van der Waals surface area contributed by atoms with Crippen molar-refractivity contribution in [3.63, 3.8) is 0 Å². The molecule has 1 aromatic carbocycles. The van der Waals surface area contributed by atoms with Crippen LogP contribution in [0.2, 0.25) is 0 Å². The first-order valence-corrected chi connectivity index (χ1v) is 11.1. The van der Waals surface area contributed by atoms with Crippen LogP contribution in [0.4, 0.5) is 16.2 Å². The number of carbonyl (C=O) groups excluding carboxylic acids is 1. The number of nitrogens with two attached hydrogens (primary N) is 1. The van der Waals surface area contributed by atoms with Crippen molar-refractivity contribution in [2.75, 3.05) is 63.6 Å². The van der Waals surface area contributed by atoms with E-state index in [1.165, 1.54) is 12.1 Å². The van der Waals surface area contributed by atoms with Crippen LogP contribution >= 0.6 is 0 Å². The molecule has 0 aliphatic carbocycles. The summed E-state index contributed by atoms with van der Waals surface area (Å²) in [5, 5.41) is 15.2. The van der Waals surface area contributed by atoms with Crippen LogP contribution in [-0.4, -0.2) is 80.2 Å². The molecule has 1 aliphatic rings. The van der Waals surface area contributed by atoms with Crippen molar-refractivity contribution in [3.8, 4) is 5.75 Å². The Hall–Kier alpha value is -2.98. The Morgan fingerprint density at radius 1 is 1.21 bits per heavy atom. The topological polar surface area (TPSA) is 135 Å². The van der Waals surface area contributed by atoms with E-state index in [0.717, 1.165) is 39.3 Å². The molecule has 10 heteroatoms. The summed E-state index contributed by atoms with van der Waals surface area (Å²) in [6.07, 6.45) is 3.92. The lowest BCUT2D eigenvalue weighted by Gasteiger charge is -2.26. The molecule has 33 heavy (non-hydrogen) atoms. The number of carbonyl (C=O) groups is 2. The highest BCUT2D eigenvalue weighted by molar-refractivity contribution is 5.92. The lowest BCUT2D eigenvalue weighted by atomic mass is 10.1. The summed E-state index contributed by atoms with van der Waals surface area (Å²) >= 11 is 0. The first-order valence-electron chi connectivity index (χ1n) is 11.1. The van der Waals surface area contributed by atoms with Crippen molar-refractivity contribution in [2.45, 2.75) is 32.8 Å². The zero-order chi connectivity index (χ0) is 24.3. The van der Waals surface area contributed by atoms with Crippen LogP contribution in [0.3, 0.4) is 0 Å². The van der Waals surface area contributed by atoms with Crippen LogP contribution in [0.25, 0.3) is 0 Å². The number of carboxylic acid groups (broad SMARTS) is 1. The summed E-state index contributed by atoms with van der Waals surface area (Å²) in [6.45, 7) is 10.7. The Bertz CT molecular complexity index is 816. The van der Waals surface area contributed by atoms with Gasteiger partial charge in [0.2, 0.25) is 0 Å². The van der Waals surface area contributed by atoms with Crippen molar-refractivity contribution < 1.29 is 28.9 Å². The van der Waals surface area contributed by atoms with Gasteiger partial charge in [-0.15, -0.1) is 0 Å². The second kappa shape index (κ2) is 12.9. The van der Waals surface area contributed by atoms with E-state index in [4.69, 9.17) is 19.9 Å². The molecule has 0 bridgehead atoms. The Morgan fingerprint density at radius 2 is 1.91 bits per heavy atom. The van der Waals surface area contributed by atoms with E-state index in [1.807, 2.05) is 6.08 Å². The van der Waals surface area contributed by atoms with Gasteiger partial charge < -0.3 is 35.7 Å². The highest BCUT2D eigenvalue weighted by atomic mass is 16.6. The molecule has 0 unspecified atom stereocenters. The average molecular weight is 465 g/mol. The van der Waals surface area contributed by atoms with Gasteiger partial charge in [0.1, 0.15) is 17.0 Å². The predicted molar refractivity (Wildman–Crippen MR) is 127 cm³/mol. The fourth-order valence-corrected chi connectivity index (χ4v) is 3.14. The van der Waals surface area contributed by atoms with Crippen molar-refractivity contribution in [1.29, 1.82) is 0 Å². The Morgan fingerprint density at radius 3 is 2.58 bits per heavy atom. The smallest absolute Gasteiger partial charge is 0.407 e. The summed E-state index contributed by atoms with van der Waals surface area (Å²) in [5.74, 6) is -0.672. The van der Waals surface area contributed by atoms with Gasteiger partial charge in [0.25, 0.3) is 0 Å². The van der Waals surface area contributed by atoms with E-state index in [0.29, 0.717) is 36.8 Å². The molecule has 0 saturated carbocycles. The highest BCUT2D eigenvalue weighted by Gasteiger charge is 2.16. The number of amides is 1. The number of hydrogen-bond donors (Lipinski definition) is 4. The molecule has 2 rings (SSSR count). The third-order valence-corrected chi connectivity index (χ3v) is 4.69. The molecule has 1 fully saturated rings. The van der Waals surface area contributed by atoms with Crippen molar-refractivity contribution in [2.24, 2.45) is 0 Å². The Kier molecular flexibility index (Phi) is 10.3. The molecule has 1 amide bonds. The number of anilines is 2. The summed E-state index contributed by atoms with van der Waals surface area (Å²) < 4.78 is 16.4. The van der Waals surface area contributed by atoms with Gasteiger partial charge in [-0.25, -0.2) is 9.59 Å². The predicted octanol–water partition coefficient (Wildman–Crippen LogP) is 2.56. The van der Waals surface area contributed by atoms with Gasteiger partial charge >= 0.3 is 12.1 Å². The molecule has 1 aromatic rings. The minimum atomic E-state index is -1.07. The average Bonchev–Trinajstić information content (AvgIpc) is 2.74. The summed E-state index contributed by atoms with van der Waals surface area (Å²) in [5.41, 5.74) is 6.44. The van der Waals surface area contributed by atoms with Gasteiger partial charge in [-0.05, 0) is 39.3 Å². The largest absolute Gasteiger partial charge is 0.491 e. The van der Waals surface area contributed by atoms with Crippen LogP contribution in [0, 0.1) is 0 Å². The van der Waals surface area contributed by atoms with Gasteiger partial charge in [-0.3, -0.25) is 4.90 Å². The number of rotatable bonds is 11. The summed E-state index contributed by atoms with van der Waals surface area (Å²) in [7, 11) is 0. The molecule has 0 spiro atoms. The van der Waals surface area contributed by atoms with E-state index in [9.17, 15) is 14.7 Å². The zero-order valence-corrected chi connectivity index (χ0v) is 19.7. The van der Waals surface area contributed by atoms with E-state index in [1.54, 1.807) is 26.8 Å². The molecule has 1 heterocycles. The number of nitrogen functional groups attached to an aromatic ring is 1. The number of nitrogens with zero attached hydrogens (tertiary/aromatic N) is 1. The monoisotopic (exact) mass is 464 g/mol. The van der Waals surface area contributed by atoms with Crippen molar-refractivity contribution >= 4 is 23.4 Å². The molecular weight excluding hydrogens is 428 g/mol. The third kappa shape index (κ3) is 10.0. The van der Waals surface area contributed by atoms with Crippen LogP contribution in [-0.2, 0) is 9.47 Å². The number of benzene rings is 1. The maximum absolute atomic E-state index is 11.6. The van der Waals surface area contributed by atoms with Crippen LogP contribution < -0.4 is 21.1 Å². The summed E-state index contributed by atoms with van der Waals surface area (Å²) in [4.78, 5) is 25.4. The molecule has 1 saturated heterocycles. The Labute approximate surface area is 195 Å². The lowest BCUT2D eigenvalue weighted by molar-refractivity contribution is 0.0358. The van der Waals surface area contributed by atoms with Crippen LogP contribution in [0.1, 0.15) is 37.6 Å². The van der Waals surface area contributed by atoms with Gasteiger partial charge in [0, 0.05) is 32.7 Å². The minimum Gasteiger partial charge on any atom is -0.491 e. The first-order chi connectivity index (χ1) is 15.7. The van der Waals surface area contributed by atoms with E-state index >= 15 is 0 Å². The van der Waals surface area contributed by atoms with Crippen molar-refractivity contribution in [1.82, 2.24) is 10.2 Å². The van der Waals surface area contributed by atoms with E-state index < -0.39 is 17.7 Å². The van der Waals surface area contributed by atoms with Gasteiger partial charge in [0.05, 0.1) is 31.1 Å². The fourth-order valence-electron chi connectivity index (χ4n) is 3.14. The molecular formula is C23H36N4O6. The second-order valence-corrected chi connectivity index (χ2v) is 8.63. The number of ether oxygens (including phenoxy) is 3. The number of morpholine rings is 1. The first kappa shape index (κ1) is 26.3. The van der Waals surface area contributed by atoms with Crippen LogP contribution in [0.5, 0.6) is 5.75 Å². The highest BCUT2D eigenvalue weighted by Crippen LogP contribution is 2.32. The molecule has 0 atom stereocenters. The molecule has 1 aliphatic heterocycles. The van der Waals surface area contributed by atoms with Crippen molar-refractivity contribution in [3.05, 3.63) is 29.8 Å². The lowest BCUT2D eigenvalue weighted by Crippen LogP contribution is -2.37.